The fourth-order valence-electron chi connectivity index (χ4n) is 2.46. The van der Waals surface area contributed by atoms with Crippen molar-refractivity contribution in [2.24, 2.45) is 12.8 Å². The Hall–Kier alpha value is -1.56. The summed E-state index contributed by atoms with van der Waals surface area (Å²) in [6.45, 7) is 2.46. The summed E-state index contributed by atoms with van der Waals surface area (Å²) >= 11 is 0. The Labute approximate surface area is 113 Å². The van der Waals surface area contributed by atoms with E-state index in [2.05, 4.69) is 15.3 Å². The average molecular weight is 265 g/mol. The molecule has 1 saturated heterocycles. The maximum Gasteiger partial charge on any atom is 0.220 e. The Balaban J connectivity index is 1.85. The van der Waals surface area contributed by atoms with E-state index in [1.807, 2.05) is 19.4 Å². The van der Waals surface area contributed by atoms with Gasteiger partial charge in [-0.2, -0.15) is 5.10 Å². The maximum atomic E-state index is 11.7. The van der Waals surface area contributed by atoms with Crippen molar-refractivity contribution in [3.63, 3.8) is 0 Å². The number of hydrogen-bond donors (Lipinski definition) is 2. The smallest absolute Gasteiger partial charge is 0.220 e. The van der Waals surface area contributed by atoms with Crippen LogP contribution in [0.15, 0.2) is 12.4 Å². The summed E-state index contributed by atoms with van der Waals surface area (Å²) in [6.07, 6.45) is 7.31. The van der Waals surface area contributed by atoms with Crippen LogP contribution in [0.5, 0.6) is 0 Å². The van der Waals surface area contributed by atoms with Crippen molar-refractivity contribution < 1.29 is 4.79 Å². The van der Waals surface area contributed by atoms with Gasteiger partial charge < -0.3 is 16.0 Å². The number of aromatic nitrogens is 2. The van der Waals surface area contributed by atoms with Crippen molar-refractivity contribution in [3.8, 4) is 0 Å². The molecule has 106 valence electrons. The Morgan fingerprint density at radius 2 is 2.47 bits per heavy atom. The largest absolute Gasteiger partial charge is 0.367 e. The number of rotatable bonds is 5. The van der Waals surface area contributed by atoms with Gasteiger partial charge in [-0.05, 0) is 25.8 Å². The predicted molar refractivity (Wildman–Crippen MR) is 74.9 cm³/mol. The van der Waals surface area contributed by atoms with Crippen LogP contribution in [0, 0.1) is 0 Å². The van der Waals surface area contributed by atoms with E-state index in [0.717, 1.165) is 38.0 Å². The van der Waals surface area contributed by atoms with Crippen LogP contribution in [-0.2, 0) is 11.8 Å². The first-order valence-corrected chi connectivity index (χ1v) is 6.92. The number of piperidine rings is 1. The summed E-state index contributed by atoms with van der Waals surface area (Å²) < 4.78 is 1.80. The number of nitrogens with one attached hydrogen (secondary N) is 1. The number of amides is 1. The highest BCUT2D eigenvalue weighted by Crippen LogP contribution is 2.18. The minimum atomic E-state index is 0.114. The van der Waals surface area contributed by atoms with E-state index in [1.54, 1.807) is 4.68 Å². The van der Waals surface area contributed by atoms with Crippen molar-refractivity contribution >= 4 is 11.6 Å². The summed E-state index contributed by atoms with van der Waals surface area (Å²) in [5, 5.41) is 7.29. The normalized spacial score (nSPS) is 19.5. The Morgan fingerprint density at radius 3 is 3.16 bits per heavy atom. The molecule has 1 aliphatic rings. The van der Waals surface area contributed by atoms with Crippen LogP contribution in [0.2, 0.25) is 0 Å². The van der Waals surface area contributed by atoms with E-state index in [4.69, 9.17) is 5.73 Å². The molecule has 0 spiro atoms. The van der Waals surface area contributed by atoms with Crippen LogP contribution in [0.25, 0.3) is 0 Å². The van der Waals surface area contributed by atoms with Gasteiger partial charge >= 0.3 is 0 Å². The number of nitrogens with two attached hydrogens (primary N) is 1. The van der Waals surface area contributed by atoms with Gasteiger partial charge in [0.25, 0.3) is 0 Å². The lowest BCUT2D eigenvalue weighted by atomic mass is 10.1. The zero-order valence-electron chi connectivity index (χ0n) is 11.5. The highest BCUT2D eigenvalue weighted by Gasteiger charge is 2.22. The van der Waals surface area contributed by atoms with Crippen LogP contribution in [0.1, 0.15) is 25.7 Å². The first-order chi connectivity index (χ1) is 9.19. The topological polar surface area (TPSA) is 76.2 Å². The van der Waals surface area contributed by atoms with Gasteiger partial charge in [-0.15, -0.1) is 0 Å². The molecule has 0 aromatic carbocycles. The summed E-state index contributed by atoms with van der Waals surface area (Å²) in [5.41, 5.74) is 6.54. The molecular weight excluding hydrogens is 242 g/mol. The molecule has 0 aliphatic carbocycles. The van der Waals surface area contributed by atoms with E-state index in [1.165, 1.54) is 0 Å². The zero-order chi connectivity index (χ0) is 13.7. The van der Waals surface area contributed by atoms with Gasteiger partial charge in [-0.25, -0.2) is 0 Å². The third-order valence-corrected chi connectivity index (χ3v) is 3.45. The molecule has 1 aromatic rings. The van der Waals surface area contributed by atoms with E-state index in [9.17, 15) is 4.79 Å². The van der Waals surface area contributed by atoms with Crippen molar-refractivity contribution in [3.05, 3.63) is 12.4 Å². The quantitative estimate of drug-likeness (QED) is 0.800. The van der Waals surface area contributed by atoms with E-state index in [-0.39, 0.29) is 11.9 Å². The van der Waals surface area contributed by atoms with Crippen molar-refractivity contribution in [1.29, 1.82) is 0 Å². The predicted octanol–water partition coefficient (Wildman–Crippen LogP) is 0.244. The van der Waals surface area contributed by atoms with Crippen LogP contribution < -0.4 is 16.0 Å². The van der Waals surface area contributed by atoms with Gasteiger partial charge in [0.05, 0.1) is 11.9 Å². The van der Waals surface area contributed by atoms with Gasteiger partial charge in [0, 0.05) is 38.8 Å². The lowest BCUT2D eigenvalue weighted by molar-refractivity contribution is -0.121. The second-order valence-electron chi connectivity index (χ2n) is 5.12. The number of aryl methyl sites for hydroxylation is 1. The van der Waals surface area contributed by atoms with Gasteiger partial charge in [0.1, 0.15) is 0 Å². The second-order valence-corrected chi connectivity index (χ2v) is 5.12. The van der Waals surface area contributed by atoms with Gasteiger partial charge in [-0.1, -0.05) is 0 Å². The first kappa shape index (κ1) is 13.9. The Morgan fingerprint density at radius 1 is 1.63 bits per heavy atom. The molecule has 6 heteroatoms. The molecule has 3 N–H and O–H groups in total. The molecule has 1 amide bonds. The minimum Gasteiger partial charge on any atom is -0.367 e. The van der Waals surface area contributed by atoms with Gasteiger partial charge in [0.2, 0.25) is 5.91 Å². The highest BCUT2D eigenvalue weighted by molar-refractivity contribution is 5.76. The third-order valence-electron chi connectivity index (χ3n) is 3.45. The van der Waals surface area contributed by atoms with Crippen molar-refractivity contribution in [2.45, 2.75) is 31.7 Å². The number of carbonyl (C=O) groups excluding carboxylic acids is 1. The van der Waals surface area contributed by atoms with Crippen LogP contribution >= 0.6 is 0 Å². The second kappa shape index (κ2) is 6.56. The van der Waals surface area contributed by atoms with Crippen LogP contribution in [-0.4, -0.2) is 41.4 Å². The number of anilines is 1. The molecule has 0 saturated carbocycles. The molecule has 1 aliphatic heterocycles. The first-order valence-electron chi connectivity index (χ1n) is 6.92. The number of hydrogen-bond acceptors (Lipinski definition) is 4. The van der Waals surface area contributed by atoms with E-state index < -0.39 is 0 Å². The molecule has 19 heavy (non-hydrogen) atoms. The summed E-state index contributed by atoms with van der Waals surface area (Å²) in [7, 11) is 1.92. The molecule has 0 bridgehead atoms. The van der Waals surface area contributed by atoms with E-state index in [0.29, 0.717) is 13.0 Å². The number of carbonyl (C=O) groups is 1. The molecule has 6 nitrogen and oxygen atoms in total. The lowest BCUT2D eigenvalue weighted by Gasteiger charge is -2.33. The minimum absolute atomic E-state index is 0.114. The molecule has 1 aromatic heterocycles. The summed E-state index contributed by atoms with van der Waals surface area (Å²) in [6, 6.07) is 0.235. The fraction of sp³-hybridized carbons (Fsp3) is 0.692. The Kier molecular flexibility index (Phi) is 4.79. The molecular formula is C13H23N5O. The SMILES string of the molecule is Cn1cc(N2CCCC(NC(=O)CCCN)C2)cn1. The van der Waals surface area contributed by atoms with Crippen molar-refractivity contribution in [1.82, 2.24) is 15.1 Å². The molecule has 1 unspecified atom stereocenters. The lowest BCUT2D eigenvalue weighted by Crippen LogP contribution is -2.47. The average Bonchev–Trinajstić information content (AvgIpc) is 2.83. The van der Waals surface area contributed by atoms with Crippen molar-refractivity contribution in [2.75, 3.05) is 24.5 Å². The van der Waals surface area contributed by atoms with Crippen LogP contribution in [0.4, 0.5) is 5.69 Å². The monoisotopic (exact) mass is 265 g/mol. The molecule has 2 heterocycles. The van der Waals surface area contributed by atoms with E-state index >= 15 is 0 Å². The summed E-state index contributed by atoms with van der Waals surface area (Å²) in [4.78, 5) is 14.0. The molecule has 1 fully saturated rings. The molecule has 0 radical (unpaired) electrons. The third kappa shape index (κ3) is 3.96. The molecule has 2 rings (SSSR count). The maximum absolute atomic E-state index is 11.7. The summed E-state index contributed by atoms with van der Waals surface area (Å²) in [5.74, 6) is 0.114. The highest BCUT2D eigenvalue weighted by atomic mass is 16.1. The molecule has 1 atom stereocenters. The standard InChI is InChI=1S/C13H23N5O/c1-17-10-12(8-15-17)18-7-3-4-11(9-18)16-13(19)5-2-6-14/h8,10-11H,2-7,9,14H2,1H3,(H,16,19). The number of nitrogens with zero attached hydrogens (tertiary/aromatic N) is 3. The van der Waals surface area contributed by atoms with Crippen LogP contribution in [0.3, 0.4) is 0 Å². The fourth-order valence-corrected chi connectivity index (χ4v) is 2.46. The van der Waals surface area contributed by atoms with Gasteiger partial charge in [0.15, 0.2) is 0 Å². The Bertz CT molecular complexity index is 417. The zero-order valence-corrected chi connectivity index (χ0v) is 11.5. The van der Waals surface area contributed by atoms with Gasteiger partial charge in [-0.3, -0.25) is 9.48 Å².